The molecule has 1 aromatic heterocycles. The van der Waals surface area contributed by atoms with E-state index in [0.29, 0.717) is 6.61 Å². The van der Waals surface area contributed by atoms with Gasteiger partial charge in [0.05, 0.1) is 5.69 Å². The lowest BCUT2D eigenvalue weighted by atomic mass is 10.2. The molecule has 23 heavy (non-hydrogen) atoms. The molecular formula is C16H25Cl2N3OS. The predicted octanol–water partition coefficient (Wildman–Crippen LogP) is 4.30. The van der Waals surface area contributed by atoms with Gasteiger partial charge in [-0.25, -0.2) is 4.98 Å². The molecule has 7 heteroatoms. The van der Waals surface area contributed by atoms with Gasteiger partial charge in [-0.05, 0) is 38.6 Å². The van der Waals surface area contributed by atoms with Crippen molar-refractivity contribution < 1.29 is 4.74 Å². The second-order valence-corrected chi connectivity index (χ2v) is 6.08. The maximum absolute atomic E-state index is 5.81. The van der Waals surface area contributed by atoms with E-state index in [1.807, 2.05) is 32.0 Å². The van der Waals surface area contributed by atoms with E-state index in [9.17, 15) is 0 Å². The summed E-state index contributed by atoms with van der Waals surface area (Å²) in [5.74, 6) is 0. The highest BCUT2D eigenvalue weighted by atomic mass is 35.5. The van der Waals surface area contributed by atoms with Crippen LogP contribution in [0.2, 0.25) is 0 Å². The van der Waals surface area contributed by atoms with Crippen molar-refractivity contribution in [2.24, 2.45) is 0 Å². The fraction of sp³-hybridized carbons (Fsp3) is 0.438. The molecule has 0 aliphatic rings. The number of nitrogen functional groups attached to an aromatic ring is 1. The topological polar surface area (TPSA) is 51.4 Å². The van der Waals surface area contributed by atoms with E-state index in [1.54, 1.807) is 11.3 Å². The Morgan fingerprint density at radius 1 is 1.30 bits per heavy atom. The number of hydrogen-bond acceptors (Lipinski definition) is 5. The minimum Gasteiger partial charge on any atom is -0.399 e. The summed E-state index contributed by atoms with van der Waals surface area (Å²) in [6.07, 6.45) is 0.0768. The second kappa shape index (κ2) is 10.8. The first kappa shape index (κ1) is 22.1. The molecule has 2 rings (SSSR count). The van der Waals surface area contributed by atoms with E-state index >= 15 is 0 Å². The third-order valence-corrected chi connectivity index (χ3v) is 4.22. The summed E-state index contributed by atoms with van der Waals surface area (Å²) < 4.78 is 5.58. The summed E-state index contributed by atoms with van der Waals surface area (Å²) in [5, 5.41) is 3.16. The highest BCUT2D eigenvalue weighted by molar-refractivity contribution is 7.09. The van der Waals surface area contributed by atoms with Crippen LogP contribution in [-0.4, -0.2) is 23.5 Å². The Balaban J connectivity index is 0.00000242. The van der Waals surface area contributed by atoms with Crippen molar-refractivity contribution in [2.45, 2.75) is 33.0 Å². The van der Waals surface area contributed by atoms with E-state index in [-0.39, 0.29) is 30.9 Å². The van der Waals surface area contributed by atoms with Gasteiger partial charge in [-0.3, -0.25) is 4.90 Å². The molecule has 0 bridgehead atoms. The quantitative estimate of drug-likeness (QED) is 0.730. The van der Waals surface area contributed by atoms with E-state index in [4.69, 9.17) is 10.5 Å². The molecular weight excluding hydrogens is 353 g/mol. The van der Waals surface area contributed by atoms with Crippen LogP contribution in [0.1, 0.15) is 36.2 Å². The third-order valence-electron chi connectivity index (χ3n) is 3.17. The predicted molar refractivity (Wildman–Crippen MR) is 103 cm³/mol. The van der Waals surface area contributed by atoms with Gasteiger partial charge in [0, 0.05) is 30.8 Å². The molecule has 1 atom stereocenters. The minimum atomic E-state index is 0. The van der Waals surface area contributed by atoms with E-state index in [2.05, 4.69) is 28.4 Å². The lowest BCUT2D eigenvalue weighted by molar-refractivity contribution is 0.0760. The van der Waals surface area contributed by atoms with Crippen molar-refractivity contribution in [3.63, 3.8) is 0 Å². The largest absolute Gasteiger partial charge is 0.399 e. The van der Waals surface area contributed by atoms with Crippen LogP contribution in [-0.2, 0) is 17.8 Å². The van der Waals surface area contributed by atoms with Gasteiger partial charge in [-0.1, -0.05) is 12.1 Å². The fourth-order valence-corrected chi connectivity index (χ4v) is 3.05. The van der Waals surface area contributed by atoms with Crippen molar-refractivity contribution in [3.8, 4) is 0 Å². The van der Waals surface area contributed by atoms with Crippen molar-refractivity contribution >= 4 is 41.8 Å². The number of halogens is 2. The normalized spacial score (nSPS) is 11.7. The number of nitrogens with zero attached hydrogens (tertiary/aromatic N) is 2. The Hall–Kier alpha value is -0.850. The van der Waals surface area contributed by atoms with Crippen LogP contribution in [0.15, 0.2) is 29.6 Å². The third kappa shape index (κ3) is 7.06. The fourth-order valence-electron chi connectivity index (χ4n) is 2.24. The molecule has 0 radical (unpaired) electrons. The average Bonchev–Trinajstić information content (AvgIpc) is 2.87. The molecule has 0 amide bonds. The second-order valence-electron chi connectivity index (χ2n) is 5.19. The van der Waals surface area contributed by atoms with Gasteiger partial charge in [0.2, 0.25) is 0 Å². The molecule has 2 aromatic rings. The van der Waals surface area contributed by atoms with Crippen LogP contribution >= 0.6 is 36.2 Å². The lowest BCUT2D eigenvalue weighted by Crippen LogP contribution is -2.17. The summed E-state index contributed by atoms with van der Waals surface area (Å²) >= 11 is 1.67. The van der Waals surface area contributed by atoms with Crippen LogP contribution in [0.4, 0.5) is 5.69 Å². The molecule has 0 aliphatic heterocycles. The number of nitrogens with two attached hydrogens (primary N) is 1. The van der Waals surface area contributed by atoms with Crippen LogP contribution < -0.4 is 5.73 Å². The maximum atomic E-state index is 5.81. The first-order valence-corrected chi connectivity index (χ1v) is 8.05. The maximum Gasteiger partial charge on any atom is 0.122 e. The molecule has 0 saturated carbocycles. The van der Waals surface area contributed by atoms with E-state index in [1.165, 1.54) is 5.56 Å². The summed E-state index contributed by atoms with van der Waals surface area (Å²) in [6, 6.07) is 8.01. The Labute approximate surface area is 154 Å². The standard InChI is InChI=1S/C16H23N3OS.2ClH/c1-4-20-12(2)16-18-15(11-21-16)10-19(3)9-13-6-5-7-14(17)8-13;;/h5-8,11-12H,4,9-10,17H2,1-3H3;2*1H. The number of benzene rings is 1. The Morgan fingerprint density at radius 2 is 2.04 bits per heavy atom. The van der Waals surface area contributed by atoms with Gasteiger partial charge in [-0.15, -0.1) is 36.2 Å². The molecule has 0 aliphatic carbocycles. The Bertz CT molecular complexity index is 580. The summed E-state index contributed by atoms with van der Waals surface area (Å²) in [4.78, 5) is 6.89. The van der Waals surface area contributed by atoms with Crippen molar-refractivity contribution in [2.75, 3.05) is 19.4 Å². The van der Waals surface area contributed by atoms with Crippen molar-refractivity contribution in [1.29, 1.82) is 0 Å². The zero-order valence-corrected chi connectivity index (χ0v) is 16.1. The highest BCUT2D eigenvalue weighted by Gasteiger charge is 2.11. The summed E-state index contributed by atoms with van der Waals surface area (Å²) in [5.41, 5.74) is 8.93. The number of thiazole rings is 1. The molecule has 4 nitrogen and oxygen atoms in total. The summed E-state index contributed by atoms with van der Waals surface area (Å²) in [7, 11) is 2.09. The van der Waals surface area contributed by atoms with Gasteiger partial charge >= 0.3 is 0 Å². The number of hydrogen-bond donors (Lipinski definition) is 1. The number of ether oxygens (including phenoxy) is 1. The summed E-state index contributed by atoms with van der Waals surface area (Å²) in [6.45, 7) is 6.45. The molecule has 0 spiro atoms. The molecule has 1 heterocycles. The molecule has 1 aromatic carbocycles. The van der Waals surface area contributed by atoms with Crippen LogP contribution in [0.3, 0.4) is 0 Å². The zero-order chi connectivity index (χ0) is 15.2. The smallest absolute Gasteiger partial charge is 0.122 e. The van der Waals surface area contributed by atoms with Crippen LogP contribution in [0, 0.1) is 0 Å². The number of rotatable bonds is 7. The molecule has 130 valence electrons. The average molecular weight is 378 g/mol. The van der Waals surface area contributed by atoms with Crippen LogP contribution in [0.5, 0.6) is 0 Å². The van der Waals surface area contributed by atoms with Gasteiger partial charge in [0.1, 0.15) is 11.1 Å². The SMILES string of the molecule is CCOC(C)c1nc(CN(C)Cc2cccc(N)c2)cs1.Cl.Cl. The molecule has 0 saturated heterocycles. The first-order valence-electron chi connectivity index (χ1n) is 7.17. The lowest BCUT2D eigenvalue weighted by Gasteiger charge is -2.15. The van der Waals surface area contributed by atoms with Gasteiger partial charge < -0.3 is 10.5 Å². The van der Waals surface area contributed by atoms with Gasteiger partial charge in [0.15, 0.2) is 0 Å². The van der Waals surface area contributed by atoms with Crippen LogP contribution in [0.25, 0.3) is 0 Å². The number of aromatic nitrogens is 1. The van der Waals surface area contributed by atoms with Crippen molar-refractivity contribution in [3.05, 3.63) is 45.9 Å². The zero-order valence-electron chi connectivity index (χ0n) is 13.7. The monoisotopic (exact) mass is 377 g/mol. The minimum absolute atomic E-state index is 0. The van der Waals surface area contributed by atoms with Gasteiger partial charge in [0.25, 0.3) is 0 Å². The first-order chi connectivity index (χ1) is 10.1. The van der Waals surface area contributed by atoms with E-state index < -0.39 is 0 Å². The Kier molecular flexibility index (Phi) is 10.4. The Morgan fingerprint density at radius 3 is 2.70 bits per heavy atom. The highest BCUT2D eigenvalue weighted by Crippen LogP contribution is 2.22. The van der Waals surface area contributed by atoms with Gasteiger partial charge in [-0.2, -0.15) is 0 Å². The number of anilines is 1. The van der Waals surface area contributed by atoms with Crippen molar-refractivity contribution in [1.82, 2.24) is 9.88 Å². The molecule has 1 unspecified atom stereocenters. The van der Waals surface area contributed by atoms with E-state index in [0.717, 1.165) is 29.5 Å². The molecule has 2 N–H and O–H groups in total. The molecule has 0 fully saturated rings.